The summed E-state index contributed by atoms with van der Waals surface area (Å²) in [6, 6.07) is 0. The first kappa shape index (κ1) is 36.3. The van der Waals surface area contributed by atoms with Crippen LogP contribution in [0.25, 0.3) is 0 Å². The van der Waals surface area contributed by atoms with E-state index in [9.17, 15) is 0 Å². The molecule has 0 bridgehead atoms. The molecular formula is C8Br2Cl2Fe2N8Zn3. The third-order valence-corrected chi connectivity index (χ3v) is 12.0. The molecular weight excluding hydrogens is 747 g/mol. The molecule has 0 aliphatic rings. The van der Waals surface area contributed by atoms with Gasteiger partial charge in [0.05, 0.1) is 0 Å². The summed E-state index contributed by atoms with van der Waals surface area (Å²) in [6.45, 7) is 0. The number of nitrogens with zero attached hydrogens (tertiary/aromatic N) is 8. The summed E-state index contributed by atoms with van der Waals surface area (Å²) in [6.07, 6.45) is 0. The van der Waals surface area contributed by atoms with Crippen LogP contribution in [0.4, 0.5) is 0 Å². The second-order valence-electron chi connectivity index (χ2n) is 2.86. The van der Waals surface area contributed by atoms with Crippen molar-refractivity contribution >= 4 is 48.4 Å². The molecule has 0 spiro atoms. The maximum Gasteiger partial charge on any atom is 2.00 e. The molecule has 0 atom stereocenters. The van der Waals surface area contributed by atoms with Gasteiger partial charge < -0.3 is 0 Å². The Morgan fingerprint density at radius 1 is 0.440 bits per heavy atom. The minimum atomic E-state index is -5.41. The van der Waals surface area contributed by atoms with Gasteiger partial charge in [-0.25, -0.2) is 0 Å². The normalized spacial score (nSPS) is 13.6. The van der Waals surface area contributed by atoms with E-state index in [1.165, 1.54) is 39.7 Å². The van der Waals surface area contributed by atoms with E-state index < -0.39 is 16.0 Å². The minimum Gasteiger partial charge on any atom is 2.00 e. The molecule has 0 amide bonds. The van der Waals surface area contributed by atoms with Gasteiger partial charge in [0.25, 0.3) is 0 Å². The first-order valence-corrected chi connectivity index (χ1v) is 16.7. The van der Waals surface area contributed by atoms with E-state index in [0.29, 0.717) is 0 Å². The summed E-state index contributed by atoms with van der Waals surface area (Å²) in [4.78, 5) is 10.1. The predicted molar refractivity (Wildman–Crippen MR) is 74.5 cm³/mol. The van der Waals surface area contributed by atoms with E-state index in [-0.39, 0.29) is 58.4 Å². The average Bonchev–Trinajstić information content (AvgIpc) is 2.57. The van der Waals surface area contributed by atoms with Gasteiger partial charge in [0.1, 0.15) is 0 Å². The first-order chi connectivity index (χ1) is 9.60. The molecule has 8 nitrogen and oxygen atoms in total. The van der Waals surface area contributed by atoms with Gasteiger partial charge in [-0.2, -0.15) is 0 Å². The van der Waals surface area contributed by atoms with Gasteiger partial charge in [-0.15, -0.1) is 0 Å². The van der Waals surface area contributed by atoms with E-state index in [4.69, 9.17) is 62.3 Å². The number of rotatable bonds is 0. The van der Waals surface area contributed by atoms with Crippen molar-refractivity contribution in [3.63, 3.8) is 0 Å². The van der Waals surface area contributed by atoms with E-state index in [2.05, 4.69) is 28.2 Å². The molecule has 0 N–H and O–H groups in total. The van der Waals surface area contributed by atoms with Crippen LogP contribution in [0.3, 0.4) is 0 Å². The topological polar surface area (TPSA) is 190 Å². The molecule has 25 heavy (non-hydrogen) atoms. The summed E-state index contributed by atoms with van der Waals surface area (Å²) in [7, 11) is -0.00154. The van der Waals surface area contributed by atoms with Crippen molar-refractivity contribution < 1.29 is 74.5 Å². The van der Waals surface area contributed by atoms with E-state index in [1.54, 1.807) is 0 Å². The molecule has 0 unspecified atom stereocenters. The van der Waals surface area contributed by atoms with Crippen LogP contribution in [0.2, 0.25) is 0 Å². The van der Waals surface area contributed by atoms with Crippen LogP contribution >= 0.6 is 48.4 Å². The van der Waals surface area contributed by atoms with Gasteiger partial charge in [0.2, 0.25) is 0 Å². The second-order valence-corrected chi connectivity index (χ2v) is 31.5. The third kappa shape index (κ3) is 7.48. The Morgan fingerprint density at radius 3 is 0.520 bits per heavy atom. The van der Waals surface area contributed by atoms with Crippen LogP contribution in [0.1, 0.15) is 0 Å². The Bertz CT molecular complexity index is 709. The fourth-order valence-corrected chi connectivity index (χ4v) is 0.875. The smallest absolute Gasteiger partial charge is 2.00 e. The largest absolute Gasteiger partial charge is 2.00 e. The fraction of sp³-hybridized carbons (Fsp3) is 0. The molecule has 0 heterocycles. The zero-order valence-corrected chi connectivity index (χ0v) is 27.7. The van der Waals surface area contributed by atoms with Crippen molar-refractivity contribution in [1.82, 2.24) is 0 Å². The number of hydrogen-bond donors (Lipinski definition) is 0. The van der Waals surface area contributed by atoms with Crippen molar-refractivity contribution in [2.75, 3.05) is 0 Å². The monoisotopic (exact) mass is 739 g/mol. The van der Waals surface area contributed by atoms with Gasteiger partial charge in [0, 0.05) is 0 Å². The van der Waals surface area contributed by atoms with Crippen LogP contribution in [0.5, 0.6) is 0 Å². The molecule has 0 aromatic heterocycles. The standard InChI is InChI=1S/8CN.2BrH.2ClH.2Fe.3Zn/c8*1-2;;;;;;;;;/h;;;;;;;;4*1H;;;;;/q;;;;;;;;;;;;2*-1;3*+2/p-4. The molecule has 0 fully saturated rings. The Balaban J connectivity index is -0.0000000952. The summed E-state index contributed by atoms with van der Waals surface area (Å²) in [5, 5.41) is 67.7. The molecule has 0 aliphatic heterocycles. The summed E-state index contributed by atoms with van der Waals surface area (Å²) in [5.74, 6) is 0. The Morgan fingerprint density at radius 2 is 0.520 bits per heavy atom. The molecule has 0 aromatic rings. The van der Waals surface area contributed by atoms with Crippen LogP contribution in [-0.4, -0.2) is 0 Å². The molecule has 0 saturated carbocycles. The van der Waals surface area contributed by atoms with Crippen molar-refractivity contribution in [1.29, 1.82) is 42.1 Å². The van der Waals surface area contributed by atoms with E-state index in [0.717, 1.165) is 0 Å². The van der Waals surface area contributed by atoms with Crippen molar-refractivity contribution in [3.8, 4) is 39.7 Å². The van der Waals surface area contributed by atoms with Crippen LogP contribution < -0.4 is 0 Å². The van der Waals surface area contributed by atoms with Crippen molar-refractivity contribution in [2.45, 2.75) is 0 Å². The van der Waals surface area contributed by atoms with Crippen LogP contribution in [-0.2, 0) is 74.5 Å². The average molecular weight is 747 g/mol. The van der Waals surface area contributed by atoms with Gasteiger partial charge >= 0.3 is 205 Å². The summed E-state index contributed by atoms with van der Waals surface area (Å²) >= 11 is 4.92. The molecule has 0 rings (SSSR count). The number of nitriles is 8. The summed E-state index contributed by atoms with van der Waals surface area (Å²) in [5.41, 5.74) is 0. The molecule has 0 radical (unpaired) electrons. The third-order valence-electron chi connectivity index (χ3n) is 1.43. The van der Waals surface area contributed by atoms with Crippen LogP contribution in [0.15, 0.2) is 0 Å². The Kier molecular flexibility index (Phi) is 13.1. The molecule has 122 valence electrons. The first-order valence-electron chi connectivity index (χ1n) is 3.74. The van der Waals surface area contributed by atoms with E-state index in [1.807, 2.05) is 0 Å². The van der Waals surface area contributed by atoms with Gasteiger partial charge in [-0.1, -0.05) is 0 Å². The second kappa shape index (κ2) is 9.04. The SMILES string of the molecule is N#[C][Fe-3]([Cl])([Br])([C]#N)([C]#N)[C]#N.N#[C][Fe-3]([Cl])([Br])([C]#N)([C]#N)[C]#N.[Zn+2].[Zn+2].[Zn+2]. The Labute approximate surface area is 201 Å². The maximum atomic E-state index is 8.46. The zero-order chi connectivity index (χ0) is 18.5. The quantitative estimate of drug-likeness (QED) is 0.338. The fourth-order valence-electron chi connectivity index (χ4n) is 0.212. The van der Waals surface area contributed by atoms with Crippen LogP contribution in [0, 0.1) is 81.8 Å². The van der Waals surface area contributed by atoms with E-state index >= 15 is 0 Å². The molecule has 0 aromatic carbocycles. The van der Waals surface area contributed by atoms with Gasteiger partial charge in [0.15, 0.2) is 0 Å². The number of halogens is 4. The zero-order valence-electron chi connectivity index (χ0n) is 11.9. The van der Waals surface area contributed by atoms with Gasteiger partial charge in [-0.3, -0.25) is 0 Å². The summed E-state index contributed by atoms with van der Waals surface area (Å²) < 4.78 is 0. The van der Waals surface area contributed by atoms with Crippen molar-refractivity contribution in [2.24, 2.45) is 0 Å². The minimum absolute atomic E-state index is 0. The Hall–Kier alpha value is 0.369. The van der Waals surface area contributed by atoms with Gasteiger partial charge in [-0.05, 0) is 0 Å². The number of hydrogen-bond acceptors (Lipinski definition) is 8. The molecule has 0 saturated heterocycles. The van der Waals surface area contributed by atoms with Crippen molar-refractivity contribution in [3.05, 3.63) is 0 Å². The maximum absolute atomic E-state index is 8.46. The molecule has 17 heteroatoms. The predicted octanol–water partition coefficient (Wildman–Crippen LogP) is 3.19. The molecule has 0 aliphatic carbocycles.